The van der Waals surface area contributed by atoms with Crippen molar-refractivity contribution in [3.05, 3.63) is 47.7 Å². The van der Waals surface area contributed by atoms with Crippen molar-refractivity contribution in [3.63, 3.8) is 0 Å². The molecule has 1 aromatic carbocycles. The Hall–Kier alpha value is -2.30. The van der Waals surface area contributed by atoms with Crippen LogP contribution in [0.1, 0.15) is 22.8 Å². The fourth-order valence-corrected chi connectivity index (χ4v) is 1.68. The Labute approximate surface area is 125 Å². The fraction of sp³-hybridized carbons (Fsp3) is 0.375. The van der Waals surface area contributed by atoms with Crippen molar-refractivity contribution in [2.24, 2.45) is 0 Å². The van der Waals surface area contributed by atoms with Crippen molar-refractivity contribution in [2.45, 2.75) is 13.3 Å². The number of ether oxygens (including phenoxy) is 1. The largest absolute Gasteiger partial charge is 0.450 e. The third-order valence-corrected chi connectivity index (χ3v) is 2.69. The maximum atomic E-state index is 12.0. The molecule has 0 aliphatic heterocycles. The monoisotopic (exact) mass is 290 g/mol. The molecule has 0 unspecified atom stereocenters. The van der Waals surface area contributed by atoms with Gasteiger partial charge in [0.1, 0.15) is 0 Å². The van der Waals surface area contributed by atoms with Gasteiger partial charge in [0.2, 0.25) is 0 Å². The zero-order valence-corrected chi connectivity index (χ0v) is 12.8. The molecule has 5 heteroatoms. The van der Waals surface area contributed by atoms with Crippen LogP contribution in [0.15, 0.2) is 36.5 Å². The second-order valence-corrected chi connectivity index (χ2v) is 4.74. The predicted molar refractivity (Wildman–Crippen MR) is 82.3 cm³/mol. The molecule has 21 heavy (non-hydrogen) atoms. The highest BCUT2D eigenvalue weighted by Crippen LogP contribution is 2.07. The highest BCUT2D eigenvalue weighted by Gasteiger charge is 2.04. The van der Waals surface area contributed by atoms with Gasteiger partial charge in [0.15, 0.2) is 5.78 Å². The van der Waals surface area contributed by atoms with Gasteiger partial charge in [-0.15, -0.1) is 0 Å². The van der Waals surface area contributed by atoms with Gasteiger partial charge in [-0.05, 0) is 25.0 Å². The van der Waals surface area contributed by atoms with E-state index in [-0.39, 0.29) is 5.78 Å². The van der Waals surface area contributed by atoms with Crippen LogP contribution in [0, 0.1) is 0 Å². The molecule has 5 nitrogen and oxygen atoms in total. The van der Waals surface area contributed by atoms with Gasteiger partial charge in [-0.2, -0.15) is 0 Å². The number of hydrogen-bond donors (Lipinski definition) is 1. The molecule has 0 radical (unpaired) electrons. The molecule has 0 spiro atoms. The molecule has 0 saturated heterocycles. The van der Waals surface area contributed by atoms with E-state index >= 15 is 0 Å². The van der Waals surface area contributed by atoms with Gasteiger partial charge in [-0.3, -0.25) is 4.79 Å². The van der Waals surface area contributed by atoms with Gasteiger partial charge in [-0.1, -0.05) is 18.2 Å². The minimum absolute atomic E-state index is 0.0381. The van der Waals surface area contributed by atoms with Gasteiger partial charge in [0.25, 0.3) is 0 Å². The van der Waals surface area contributed by atoms with E-state index in [1.54, 1.807) is 19.2 Å². The lowest BCUT2D eigenvalue weighted by atomic mass is 10.1. The third kappa shape index (κ3) is 6.61. The first-order valence-electron chi connectivity index (χ1n) is 6.91. The number of nitrogens with zero attached hydrogens (tertiary/aromatic N) is 1. The van der Waals surface area contributed by atoms with E-state index in [4.69, 9.17) is 4.74 Å². The third-order valence-electron chi connectivity index (χ3n) is 2.69. The van der Waals surface area contributed by atoms with E-state index in [1.807, 2.05) is 37.2 Å². The van der Waals surface area contributed by atoms with Crippen LogP contribution in [0.5, 0.6) is 0 Å². The summed E-state index contributed by atoms with van der Waals surface area (Å²) in [5.41, 5.74) is 1.64. The molecule has 0 fully saturated rings. The normalized spacial score (nSPS) is 10.4. The molecule has 0 aliphatic rings. The van der Waals surface area contributed by atoms with Crippen LogP contribution in [0.25, 0.3) is 0 Å². The second-order valence-electron chi connectivity index (χ2n) is 4.74. The maximum absolute atomic E-state index is 12.0. The average Bonchev–Trinajstić information content (AvgIpc) is 2.45. The first-order chi connectivity index (χ1) is 10.0. The molecule has 0 bridgehead atoms. The highest BCUT2D eigenvalue weighted by molar-refractivity contribution is 6.04. The summed E-state index contributed by atoms with van der Waals surface area (Å²) in [6, 6.07) is 7.40. The Bertz CT molecular complexity index is 510. The van der Waals surface area contributed by atoms with Gasteiger partial charge in [0, 0.05) is 38.5 Å². The molecule has 0 aromatic heterocycles. The summed E-state index contributed by atoms with van der Waals surface area (Å²) in [4.78, 5) is 24.9. The Morgan fingerprint density at radius 2 is 2.10 bits per heavy atom. The van der Waals surface area contributed by atoms with Crippen LogP contribution in [0.2, 0.25) is 0 Å². The van der Waals surface area contributed by atoms with E-state index < -0.39 is 6.09 Å². The first-order valence-corrected chi connectivity index (χ1v) is 6.91. The minimum atomic E-state index is -0.418. The van der Waals surface area contributed by atoms with Crippen molar-refractivity contribution in [1.29, 1.82) is 0 Å². The molecular formula is C16H22N2O3. The summed E-state index contributed by atoms with van der Waals surface area (Å²) in [7, 11) is 3.72. The van der Waals surface area contributed by atoms with Crippen molar-refractivity contribution in [1.82, 2.24) is 10.2 Å². The van der Waals surface area contributed by atoms with E-state index in [9.17, 15) is 9.59 Å². The fourth-order valence-electron chi connectivity index (χ4n) is 1.68. The van der Waals surface area contributed by atoms with E-state index in [0.717, 1.165) is 5.56 Å². The number of ketones is 1. The Kier molecular flexibility index (Phi) is 7.01. The molecular weight excluding hydrogens is 268 g/mol. The maximum Gasteiger partial charge on any atom is 0.407 e. The zero-order chi connectivity index (χ0) is 15.7. The predicted octanol–water partition coefficient (Wildman–Crippen LogP) is 2.23. The van der Waals surface area contributed by atoms with Crippen LogP contribution >= 0.6 is 0 Å². The van der Waals surface area contributed by atoms with E-state index in [2.05, 4.69) is 5.32 Å². The molecule has 1 amide bonds. The van der Waals surface area contributed by atoms with Gasteiger partial charge < -0.3 is 15.0 Å². The van der Waals surface area contributed by atoms with Crippen LogP contribution in [0.3, 0.4) is 0 Å². The average molecular weight is 290 g/mol. The Morgan fingerprint density at radius 3 is 2.76 bits per heavy atom. The Morgan fingerprint density at radius 1 is 1.33 bits per heavy atom. The lowest BCUT2D eigenvalue weighted by molar-refractivity contribution is 0.104. The quantitative estimate of drug-likeness (QED) is 0.618. The van der Waals surface area contributed by atoms with Crippen molar-refractivity contribution < 1.29 is 14.3 Å². The highest BCUT2D eigenvalue weighted by atomic mass is 16.5. The topological polar surface area (TPSA) is 58.6 Å². The number of carbonyl (C=O) groups is 2. The summed E-state index contributed by atoms with van der Waals surface area (Å²) in [5, 5.41) is 2.65. The molecule has 1 aromatic rings. The zero-order valence-electron chi connectivity index (χ0n) is 12.8. The molecule has 0 atom stereocenters. The number of benzene rings is 1. The Balaban J connectivity index is 2.56. The van der Waals surface area contributed by atoms with Crippen molar-refractivity contribution in [2.75, 3.05) is 27.2 Å². The standard InChI is InChI=1S/C16H22N2O3/c1-4-21-16(20)17-10-8-13-6-5-7-14(12-13)15(19)9-11-18(2)3/h5-7,9,11-12H,4,8,10H2,1-3H3,(H,17,20). The smallest absolute Gasteiger partial charge is 0.407 e. The van der Waals surface area contributed by atoms with Crippen LogP contribution in [-0.4, -0.2) is 44.0 Å². The molecule has 0 aliphatic carbocycles. The van der Waals surface area contributed by atoms with Crippen molar-refractivity contribution >= 4 is 11.9 Å². The number of allylic oxidation sites excluding steroid dienone is 1. The van der Waals surface area contributed by atoms with Crippen molar-refractivity contribution in [3.8, 4) is 0 Å². The van der Waals surface area contributed by atoms with Crippen LogP contribution in [-0.2, 0) is 11.2 Å². The SMILES string of the molecule is CCOC(=O)NCCc1cccc(C(=O)C=CN(C)C)c1. The summed E-state index contributed by atoms with van der Waals surface area (Å²) in [5.74, 6) is -0.0381. The van der Waals surface area contributed by atoms with Gasteiger partial charge in [-0.25, -0.2) is 4.79 Å². The molecule has 1 N–H and O–H groups in total. The molecule has 0 heterocycles. The van der Waals surface area contributed by atoms with Crippen LogP contribution in [0.4, 0.5) is 4.79 Å². The second kappa shape index (κ2) is 8.79. The van der Waals surface area contributed by atoms with E-state index in [1.165, 1.54) is 6.08 Å². The minimum Gasteiger partial charge on any atom is -0.450 e. The molecule has 114 valence electrons. The number of hydrogen-bond acceptors (Lipinski definition) is 4. The summed E-state index contributed by atoms with van der Waals surface area (Å²) >= 11 is 0. The first kappa shape index (κ1) is 16.8. The lowest BCUT2D eigenvalue weighted by Gasteiger charge is -2.06. The summed E-state index contributed by atoms with van der Waals surface area (Å²) in [6.45, 7) is 2.59. The molecule has 1 rings (SSSR count). The summed E-state index contributed by atoms with van der Waals surface area (Å²) in [6.07, 6.45) is 3.49. The summed E-state index contributed by atoms with van der Waals surface area (Å²) < 4.78 is 4.78. The number of carbonyl (C=O) groups excluding carboxylic acids is 2. The number of alkyl carbamates (subject to hydrolysis) is 1. The molecule has 0 saturated carbocycles. The van der Waals surface area contributed by atoms with E-state index in [0.29, 0.717) is 25.1 Å². The number of nitrogens with one attached hydrogen (secondary N) is 1. The number of rotatable bonds is 7. The van der Waals surface area contributed by atoms with Crippen LogP contribution < -0.4 is 5.32 Å². The van der Waals surface area contributed by atoms with Gasteiger partial charge in [0.05, 0.1) is 6.61 Å². The lowest BCUT2D eigenvalue weighted by Crippen LogP contribution is -2.26. The van der Waals surface area contributed by atoms with Gasteiger partial charge >= 0.3 is 6.09 Å². The number of amides is 1.